The minimum atomic E-state index is -0.106. The number of aryl methyl sites for hydroxylation is 1. The molecule has 0 bridgehead atoms. The van der Waals surface area contributed by atoms with E-state index in [1.54, 1.807) is 12.1 Å². The van der Waals surface area contributed by atoms with E-state index < -0.39 is 0 Å². The zero-order valence-corrected chi connectivity index (χ0v) is 19.9. The van der Waals surface area contributed by atoms with Gasteiger partial charge in [0.25, 0.3) is 0 Å². The van der Waals surface area contributed by atoms with E-state index in [2.05, 4.69) is 18.8 Å². The number of aliphatic hydroxyl groups is 1. The topological polar surface area (TPSA) is 59.4 Å². The Bertz CT molecular complexity index is 1000. The number of carbonyl (C=O) groups excluding carboxylic acids is 1. The first-order valence-electron chi connectivity index (χ1n) is 10.8. The van der Waals surface area contributed by atoms with Crippen molar-refractivity contribution in [1.29, 1.82) is 0 Å². The van der Waals surface area contributed by atoms with Gasteiger partial charge in [-0.3, -0.25) is 4.79 Å². The van der Waals surface area contributed by atoms with Gasteiger partial charge in [0.05, 0.1) is 10.6 Å². The second-order valence-electron chi connectivity index (χ2n) is 8.55. The number of hydrogen-bond donors (Lipinski definition) is 1. The molecule has 0 radical (unpaired) electrons. The summed E-state index contributed by atoms with van der Waals surface area (Å²) < 4.78 is 5.90. The van der Waals surface area contributed by atoms with Gasteiger partial charge in [-0.25, -0.2) is 4.98 Å². The molecule has 0 saturated carbocycles. The molecule has 1 heterocycles. The third kappa shape index (κ3) is 5.42. The van der Waals surface area contributed by atoms with Crippen LogP contribution in [0.4, 0.5) is 0 Å². The minimum Gasteiger partial charge on any atom is -0.511 e. The van der Waals surface area contributed by atoms with Gasteiger partial charge in [-0.05, 0) is 60.4 Å². The Morgan fingerprint density at radius 1 is 1.16 bits per heavy atom. The van der Waals surface area contributed by atoms with Gasteiger partial charge < -0.3 is 9.84 Å². The van der Waals surface area contributed by atoms with Gasteiger partial charge in [0.2, 0.25) is 5.88 Å². The second kappa shape index (κ2) is 10.1. The summed E-state index contributed by atoms with van der Waals surface area (Å²) >= 11 is 12.1. The van der Waals surface area contributed by atoms with Gasteiger partial charge >= 0.3 is 0 Å². The standard InChI is InChI=1S/C25H29Cl2NO3/c1-5-17-8-9-19(31-25-21(27)11-18(26)13-28-25)12-20(17)23-22(29)10-14(2)6-7-15(3)16(4)24(23)30/h8-9,11-16,30H,5-7,10H2,1-4H3/b24-23+/t14-,15+,16?/m1/s1. The van der Waals surface area contributed by atoms with Crippen LogP contribution >= 0.6 is 23.2 Å². The maximum Gasteiger partial charge on any atom is 0.238 e. The van der Waals surface area contributed by atoms with Crippen LogP contribution in [0.25, 0.3) is 5.57 Å². The molecule has 31 heavy (non-hydrogen) atoms. The van der Waals surface area contributed by atoms with Crippen molar-refractivity contribution < 1.29 is 14.6 Å². The SMILES string of the molecule is CCc1ccc(Oc2ncc(Cl)cc2Cl)cc1/C1=C(\O)C(C)[C@@H](C)CC[C@@H](C)CC1=O. The Labute approximate surface area is 194 Å². The lowest BCUT2D eigenvalue weighted by Gasteiger charge is -2.21. The predicted molar refractivity (Wildman–Crippen MR) is 126 cm³/mol. The number of allylic oxidation sites excluding steroid dienone is 2. The fourth-order valence-electron chi connectivity index (χ4n) is 4.00. The van der Waals surface area contributed by atoms with E-state index in [4.69, 9.17) is 27.9 Å². The largest absolute Gasteiger partial charge is 0.511 e. The third-order valence-electron chi connectivity index (χ3n) is 6.19. The summed E-state index contributed by atoms with van der Waals surface area (Å²) in [5.41, 5.74) is 2.09. The Kier molecular flexibility index (Phi) is 7.66. The smallest absolute Gasteiger partial charge is 0.238 e. The van der Waals surface area contributed by atoms with E-state index in [-0.39, 0.29) is 35.2 Å². The average molecular weight is 462 g/mol. The summed E-state index contributed by atoms with van der Waals surface area (Å²) in [7, 11) is 0. The van der Waals surface area contributed by atoms with E-state index in [9.17, 15) is 9.90 Å². The number of hydrogen-bond acceptors (Lipinski definition) is 4. The van der Waals surface area contributed by atoms with E-state index in [0.29, 0.717) is 33.4 Å². The molecule has 3 rings (SSSR count). The molecule has 0 fully saturated rings. The van der Waals surface area contributed by atoms with Crippen molar-refractivity contribution in [3.8, 4) is 11.6 Å². The van der Waals surface area contributed by atoms with Crippen LogP contribution in [0.3, 0.4) is 0 Å². The molecule has 2 aromatic rings. The van der Waals surface area contributed by atoms with Gasteiger partial charge in [0.15, 0.2) is 5.78 Å². The van der Waals surface area contributed by atoms with Gasteiger partial charge in [-0.1, -0.05) is 57.0 Å². The fraction of sp³-hybridized carbons (Fsp3) is 0.440. The van der Waals surface area contributed by atoms with Crippen molar-refractivity contribution in [3.05, 3.63) is 57.4 Å². The van der Waals surface area contributed by atoms with Crippen LogP contribution in [-0.2, 0) is 11.2 Å². The van der Waals surface area contributed by atoms with Crippen molar-refractivity contribution >= 4 is 34.6 Å². The number of aliphatic hydroxyl groups excluding tert-OH is 1. The van der Waals surface area contributed by atoms with E-state index in [0.717, 1.165) is 24.8 Å². The summed E-state index contributed by atoms with van der Waals surface area (Å²) in [4.78, 5) is 17.5. The summed E-state index contributed by atoms with van der Waals surface area (Å²) in [5, 5.41) is 11.9. The Balaban J connectivity index is 2.10. The molecule has 0 saturated heterocycles. The first-order valence-corrected chi connectivity index (χ1v) is 11.5. The van der Waals surface area contributed by atoms with Crippen LogP contribution in [0.5, 0.6) is 11.6 Å². The highest BCUT2D eigenvalue weighted by Crippen LogP contribution is 2.38. The highest BCUT2D eigenvalue weighted by Gasteiger charge is 2.29. The van der Waals surface area contributed by atoms with Crippen molar-refractivity contribution in [1.82, 2.24) is 4.98 Å². The number of ether oxygens (including phenoxy) is 1. The molecular weight excluding hydrogens is 433 g/mol. The molecule has 6 heteroatoms. The first kappa shape index (κ1) is 23.6. The molecule has 3 atom stereocenters. The molecule has 1 unspecified atom stereocenters. The second-order valence-corrected chi connectivity index (χ2v) is 9.39. The number of Topliss-reactive ketones (excluding diaryl/α,β-unsaturated/α-hetero) is 1. The number of ketones is 1. The van der Waals surface area contributed by atoms with Gasteiger partial charge in [0.1, 0.15) is 16.5 Å². The highest BCUT2D eigenvalue weighted by molar-refractivity contribution is 6.35. The quantitative estimate of drug-likeness (QED) is 0.506. The summed E-state index contributed by atoms with van der Waals surface area (Å²) in [5.74, 6) is 1.31. The Morgan fingerprint density at radius 3 is 2.58 bits per heavy atom. The number of halogens is 2. The number of carbonyl (C=O) groups is 1. The molecule has 166 valence electrons. The van der Waals surface area contributed by atoms with E-state index in [1.807, 2.05) is 26.0 Å². The number of nitrogens with zero attached hydrogens (tertiary/aromatic N) is 1. The van der Waals surface area contributed by atoms with Gasteiger partial charge in [-0.15, -0.1) is 0 Å². The van der Waals surface area contributed by atoms with Crippen LogP contribution in [0, 0.1) is 17.8 Å². The van der Waals surface area contributed by atoms with Crippen molar-refractivity contribution in [3.63, 3.8) is 0 Å². The van der Waals surface area contributed by atoms with Crippen molar-refractivity contribution in [2.45, 2.75) is 53.4 Å². The maximum atomic E-state index is 13.3. The number of benzene rings is 1. The molecule has 1 aromatic heterocycles. The summed E-state index contributed by atoms with van der Waals surface area (Å²) in [6, 6.07) is 7.11. The molecule has 4 nitrogen and oxygen atoms in total. The zero-order valence-electron chi connectivity index (χ0n) is 18.4. The van der Waals surface area contributed by atoms with E-state index >= 15 is 0 Å². The fourth-order valence-corrected chi connectivity index (χ4v) is 4.41. The maximum absolute atomic E-state index is 13.3. The number of rotatable bonds is 4. The number of pyridine rings is 1. The van der Waals surface area contributed by atoms with Gasteiger partial charge in [0, 0.05) is 18.5 Å². The molecule has 0 spiro atoms. The first-order chi connectivity index (χ1) is 14.7. The molecular formula is C25H29Cl2NO3. The molecule has 0 amide bonds. The van der Waals surface area contributed by atoms with Crippen molar-refractivity contribution in [2.24, 2.45) is 17.8 Å². The molecule has 0 aliphatic heterocycles. The van der Waals surface area contributed by atoms with Crippen molar-refractivity contribution in [2.75, 3.05) is 0 Å². The molecule has 1 N–H and O–H groups in total. The Morgan fingerprint density at radius 2 is 1.90 bits per heavy atom. The Hall–Kier alpha value is -2.04. The lowest BCUT2D eigenvalue weighted by atomic mass is 9.85. The van der Waals surface area contributed by atoms with Crippen LogP contribution in [0.2, 0.25) is 10.0 Å². The number of aromatic nitrogens is 1. The normalized spacial score (nSPS) is 25.0. The van der Waals surface area contributed by atoms with Crippen LogP contribution < -0.4 is 4.74 Å². The summed E-state index contributed by atoms with van der Waals surface area (Å²) in [6.07, 6.45) is 4.56. The van der Waals surface area contributed by atoms with E-state index in [1.165, 1.54) is 6.20 Å². The highest BCUT2D eigenvalue weighted by atomic mass is 35.5. The third-order valence-corrected chi connectivity index (χ3v) is 6.67. The molecule has 1 aliphatic carbocycles. The minimum absolute atomic E-state index is 0.0274. The lowest BCUT2D eigenvalue weighted by molar-refractivity contribution is -0.114. The predicted octanol–water partition coefficient (Wildman–Crippen LogP) is 7.67. The van der Waals surface area contributed by atoms with Gasteiger partial charge in [-0.2, -0.15) is 0 Å². The van der Waals surface area contributed by atoms with Crippen LogP contribution in [0.15, 0.2) is 36.2 Å². The molecule has 1 aliphatic rings. The average Bonchev–Trinajstić information content (AvgIpc) is 2.76. The van der Waals surface area contributed by atoms with Crippen LogP contribution in [0.1, 0.15) is 58.1 Å². The monoisotopic (exact) mass is 461 g/mol. The summed E-state index contributed by atoms with van der Waals surface area (Å²) in [6.45, 7) is 8.26. The zero-order chi connectivity index (χ0) is 22.7. The molecule has 1 aromatic carbocycles. The lowest BCUT2D eigenvalue weighted by Crippen LogP contribution is -2.15. The van der Waals surface area contributed by atoms with Crippen LogP contribution in [-0.4, -0.2) is 15.9 Å².